The van der Waals surface area contributed by atoms with Crippen LogP contribution in [0.15, 0.2) is 18.2 Å². The van der Waals surface area contributed by atoms with Gasteiger partial charge in [0, 0.05) is 31.6 Å². The maximum Gasteiger partial charge on any atom is 0.270 e. The summed E-state index contributed by atoms with van der Waals surface area (Å²) in [4.78, 5) is 25.5. The summed E-state index contributed by atoms with van der Waals surface area (Å²) in [6.07, 6.45) is 5.02. The molecule has 2 aromatic rings. The average molecular weight is 375 g/mol. The Kier molecular flexibility index (Phi) is 5.77. The van der Waals surface area contributed by atoms with Crippen LogP contribution in [-0.2, 0) is 6.42 Å². The zero-order chi connectivity index (χ0) is 18.5. The van der Waals surface area contributed by atoms with Gasteiger partial charge < -0.3 is 4.90 Å². The molecule has 8 nitrogen and oxygen atoms in total. The number of nitro groups is 1. The van der Waals surface area contributed by atoms with E-state index in [1.807, 2.05) is 0 Å². The summed E-state index contributed by atoms with van der Waals surface area (Å²) in [6.45, 7) is 3.79. The van der Waals surface area contributed by atoms with Crippen molar-refractivity contribution in [1.29, 1.82) is 0 Å². The van der Waals surface area contributed by atoms with Crippen molar-refractivity contribution in [3.05, 3.63) is 38.9 Å². The molecule has 1 aliphatic rings. The summed E-state index contributed by atoms with van der Waals surface area (Å²) in [5.41, 5.74) is 0.923. The number of nitrogens with zero attached hydrogens (tertiary/aromatic N) is 4. The van der Waals surface area contributed by atoms with E-state index >= 15 is 0 Å². The molecule has 1 saturated heterocycles. The summed E-state index contributed by atoms with van der Waals surface area (Å²) >= 11 is 1.34. The van der Waals surface area contributed by atoms with E-state index in [9.17, 15) is 14.9 Å². The van der Waals surface area contributed by atoms with Gasteiger partial charge in [0.1, 0.15) is 5.01 Å². The summed E-state index contributed by atoms with van der Waals surface area (Å²) < 4.78 is 0. The Labute approximate surface area is 155 Å². The third-order valence-electron chi connectivity index (χ3n) is 4.31. The highest BCUT2D eigenvalue weighted by atomic mass is 32.1. The van der Waals surface area contributed by atoms with Gasteiger partial charge in [-0.05, 0) is 25.3 Å². The molecule has 2 heterocycles. The minimum absolute atomic E-state index is 0.0982. The number of carbonyl (C=O) groups excluding carboxylic acids is 1. The molecule has 1 aliphatic heterocycles. The van der Waals surface area contributed by atoms with Crippen LogP contribution in [0.3, 0.4) is 0 Å². The van der Waals surface area contributed by atoms with Crippen LogP contribution in [0.5, 0.6) is 0 Å². The molecule has 0 aliphatic carbocycles. The Balaban J connectivity index is 1.83. The third kappa shape index (κ3) is 4.16. The Bertz CT molecular complexity index is 801. The molecule has 26 heavy (non-hydrogen) atoms. The first-order valence-corrected chi connectivity index (χ1v) is 9.57. The molecule has 0 saturated carbocycles. The van der Waals surface area contributed by atoms with Gasteiger partial charge in [-0.1, -0.05) is 24.7 Å². The molecule has 138 valence electrons. The van der Waals surface area contributed by atoms with E-state index in [0.717, 1.165) is 55.9 Å². The van der Waals surface area contributed by atoms with Gasteiger partial charge in [-0.25, -0.2) is 0 Å². The van der Waals surface area contributed by atoms with Crippen LogP contribution in [0.25, 0.3) is 0 Å². The largest absolute Gasteiger partial charge is 0.371 e. The van der Waals surface area contributed by atoms with E-state index in [1.165, 1.54) is 23.5 Å². The van der Waals surface area contributed by atoms with Crippen molar-refractivity contribution >= 4 is 33.8 Å². The monoisotopic (exact) mass is 375 g/mol. The number of rotatable bonds is 7. The third-order valence-corrected chi connectivity index (χ3v) is 5.21. The van der Waals surface area contributed by atoms with Crippen molar-refractivity contribution in [3.63, 3.8) is 0 Å². The lowest BCUT2D eigenvalue weighted by atomic mass is 10.1. The second-order valence-electron chi connectivity index (χ2n) is 6.21. The van der Waals surface area contributed by atoms with Gasteiger partial charge in [-0.3, -0.25) is 20.2 Å². The molecular weight excluding hydrogens is 354 g/mol. The maximum absolute atomic E-state index is 12.8. The number of hydrogen-bond acceptors (Lipinski definition) is 7. The molecule has 1 aromatic carbocycles. The number of anilines is 2. The summed E-state index contributed by atoms with van der Waals surface area (Å²) in [7, 11) is 0. The van der Waals surface area contributed by atoms with Crippen LogP contribution in [0, 0.1) is 10.1 Å². The van der Waals surface area contributed by atoms with Gasteiger partial charge in [-0.2, -0.15) is 0 Å². The lowest BCUT2D eigenvalue weighted by Crippen LogP contribution is -2.23. The number of amides is 1. The zero-order valence-electron chi connectivity index (χ0n) is 14.6. The number of nitro benzene ring substituents is 1. The highest BCUT2D eigenvalue weighted by Crippen LogP contribution is 2.29. The molecular formula is C17H21N5O3S. The van der Waals surface area contributed by atoms with Crippen LogP contribution < -0.4 is 10.2 Å². The summed E-state index contributed by atoms with van der Waals surface area (Å²) in [6, 6.07) is 4.44. The van der Waals surface area contributed by atoms with Gasteiger partial charge in [-0.15, -0.1) is 10.2 Å². The topological polar surface area (TPSA) is 101 Å². The fourth-order valence-electron chi connectivity index (χ4n) is 2.95. The van der Waals surface area contributed by atoms with E-state index in [-0.39, 0.29) is 5.69 Å². The SMILES string of the molecule is CCCCc1nnc(NC(=O)c2cc([N+](=O)[O-])ccc2N2CCCC2)s1. The Hall–Kier alpha value is -2.55. The number of unbranched alkanes of at least 4 members (excludes halogenated alkanes) is 1. The Morgan fingerprint density at radius 1 is 1.35 bits per heavy atom. The molecule has 1 N–H and O–H groups in total. The molecule has 9 heteroatoms. The fourth-order valence-corrected chi connectivity index (χ4v) is 3.73. The number of hydrogen-bond donors (Lipinski definition) is 1. The number of carbonyl (C=O) groups is 1. The predicted octanol–water partition coefficient (Wildman–Crippen LogP) is 3.64. The van der Waals surface area contributed by atoms with E-state index in [1.54, 1.807) is 6.07 Å². The first-order chi connectivity index (χ1) is 12.6. The van der Waals surface area contributed by atoms with Crippen molar-refractivity contribution in [2.75, 3.05) is 23.3 Å². The molecule has 0 unspecified atom stereocenters. The van der Waals surface area contributed by atoms with Crippen molar-refractivity contribution in [1.82, 2.24) is 10.2 Å². The fraction of sp³-hybridized carbons (Fsp3) is 0.471. The summed E-state index contributed by atoms with van der Waals surface area (Å²) in [5.74, 6) is -0.395. The molecule has 0 radical (unpaired) electrons. The maximum atomic E-state index is 12.8. The van der Waals surface area contributed by atoms with E-state index in [4.69, 9.17) is 0 Å². The second kappa shape index (κ2) is 8.22. The van der Waals surface area contributed by atoms with Crippen molar-refractivity contribution in [3.8, 4) is 0 Å². The van der Waals surface area contributed by atoms with Gasteiger partial charge in [0.15, 0.2) is 0 Å². The normalized spacial score (nSPS) is 13.8. The quantitative estimate of drug-likeness (QED) is 0.585. The molecule has 1 amide bonds. The lowest BCUT2D eigenvalue weighted by molar-refractivity contribution is -0.384. The highest BCUT2D eigenvalue weighted by molar-refractivity contribution is 7.15. The van der Waals surface area contributed by atoms with Gasteiger partial charge in [0.05, 0.1) is 16.2 Å². The van der Waals surface area contributed by atoms with E-state index < -0.39 is 10.8 Å². The minimum atomic E-state index is -0.488. The molecule has 3 rings (SSSR count). The lowest BCUT2D eigenvalue weighted by Gasteiger charge is -2.20. The van der Waals surface area contributed by atoms with Crippen molar-refractivity contribution in [2.45, 2.75) is 39.0 Å². The van der Waals surface area contributed by atoms with Crippen molar-refractivity contribution < 1.29 is 9.72 Å². The Morgan fingerprint density at radius 2 is 2.12 bits per heavy atom. The van der Waals surface area contributed by atoms with Crippen LogP contribution in [0.4, 0.5) is 16.5 Å². The standard InChI is InChI=1S/C17H21N5O3S/c1-2-3-6-15-19-20-17(26-15)18-16(23)13-11-12(22(24)25)7-8-14(13)21-9-4-5-10-21/h7-8,11H,2-6,9-10H2,1H3,(H,18,20,23). The second-order valence-corrected chi connectivity index (χ2v) is 7.27. The Morgan fingerprint density at radius 3 is 2.81 bits per heavy atom. The number of non-ortho nitro benzene ring substituents is 1. The van der Waals surface area contributed by atoms with Gasteiger partial charge >= 0.3 is 0 Å². The van der Waals surface area contributed by atoms with E-state index in [0.29, 0.717) is 10.7 Å². The molecule has 0 spiro atoms. The van der Waals surface area contributed by atoms with Crippen LogP contribution >= 0.6 is 11.3 Å². The minimum Gasteiger partial charge on any atom is -0.371 e. The zero-order valence-corrected chi connectivity index (χ0v) is 15.4. The molecule has 0 atom stereocenters. The number of aryl methyl sites for hydroxylation is 1. The first kappa shape index (κ1) is 18.2. The summed E-state index contributed by atoms with van der Waals surface area (Å²) in [5, 5.41) is 23.2. The van der Waals surface area contributed by atoms with Crippen LogP contribution in [-0.4, -0.2) is 34.1 Å². The van der Waals surface area contributed by atoms with Crippen LogP contribution in [0.2, 0.25) is 0 Å². The molecule has 1 fully saturated rings. The highest BCUT2D eigenvalue weighted by Gasteiger charge is 2.23. The van der Waals surface area contributed by atoms with Crippen LogP contribution in [0.1, 0.15) is 48.0 Å². The first-order valence-electron chi connectivity index (χ1n) is 8.75. The van der Waals surface area contributed by atoms with Gasteiger partial charge in [0.25, 0.3) is 11.6 Å². The predicted molar refractivity (Wildman–Crippen MR) is 101 cm³/mol. The van der Waals surface area contributed by atoms with E-state index in [2.05, 4.69) is 27.3 Å². The number of aromatic nitrogens is 2. The average Bonchev–Trinajstić information content (AvgIpc) is 3.31. The number of benzene rings is 1. The van der Waals surface area contributed by atoms with Gasteiger partial charge in [0.2, 0.25) is 5.13 Å². The van der Waals surface area contributed by atoms with Crippen molar-refractivity contribution in [2.24, 2.45) is 0 Å². The number of nitrogens with one attached hydrogen (secondary N) is 1. The molecule has 1 aromatic heterocycles. The smallest absolute Gasteiger partial charge is 0.270 e. The molecule has 0 bridgehead atoms.